The zero-order chi connectivity index (χ0) is 18.1. The Morgan fingerprint density at radius 1 is 1.33 bits per heavy atom. The number of nitrogens with zero attached hydrogens (tertiary/aromatic N) is 2. The lowest BCUT2D eigenvalue weighted by Gasteiger charge is -2.30. The number of hydrogen-bond acceptors (Lipinski definition) is 3. The molecule has 1 aromatic rings. The van der Waals surface area contributed by atoms with Crippen LogP contribution >= 0.6 is 0 Å². The van der Waals surface area contributed by atoms with Gasteiger partial charge >= 0.3 is 0 Å². The lowest BCUT2D eigenvalue weighted by atomic mass is 10.0. The first-order valence-corrected chi connectivity index (χ1v) is 7.88. The van der Waals surface area contributed by atoms with Crippen molar-refractivity contribution in [1.29, 1.82) is 0 Å². The fourth-order valence-electron chi connectivity index (χ4n) is 2.89. The molecule has 2 amide bonds. The molecule has 1 heterocycles. The Morgan fingerprint density at radius 2 is 1.92 bits per heavy atom. The van der Waals surface area contributed by atoms with Crippen LogP contribution in [0.3, 0.4) is 0 Å². The second kappa shape index (κ2) is 6.84. The summed E-state index contributed by atoms with van der Waals surface area (Å²) in [6, 6.07) is 2.87. The maximum absolute atomic E-state index is 13.4. The largest absolute Gasteiger partial charge is 0.389 e. The highest BCUT2D eigenvalue weighted by molar-refractivity contribution is 6.00. The molecule has 1 saturated heterocycles. The van der Waals surface area contributed by atoms with Crippen LogP contribution in [0.15, 0.2) is 18.2 Å². The summed E-state index contributed by atoms with van der Waals surface area (Å²) >= 11 is 0. The molecule has 1 unspecified atom stereocenters. The Hall–Kier alpha value is -2.02. The van der Waals surface area contributed by atoms with Gasteiger partial charge in [0.15, 0.2) is 0 Å². The molecule has 5 nitrogen and oxygen atoms in total. The monoisotopic (exact) mass is 340 g/mol. The van der Waals surface area contributed by atoms with Crippen LogP contribution < -0.4 is 4.90 Å². The molecule has 1 aliphatic heterocycles. The van der Waals surface area contributed by atoms with E-state index < -0.39 is 23.2 Å². The minimum Gasteiger partial charge on any atom is -0.389 e. The third kappa shape index (κ3) is 4.29. The van der Waals surface area contributed by atoms with Gasteiger partial charge in [-0.25, -0.2) is 8.78 Å². The Bertz CT molecular complexity index is 623. The van der Waals surface area contributed by atoms with Gasteiger partial charge in [0.1, 0.15) is 11.6 Å². The first-order chi connectivity index (χ1) is 11.1. The van der Waals surface area contributed by atoms with Crippen molar-refractivity contribution < 1.29 is 23.5 Å². The van der Waals surface area contributed by atoms with Gasteiger partial charge in [-0.15, -0.1) is 0 Å². The molecular formula is C17H22F2N2O3. The normalized spacial score (nSPS) is 18.2. The average Bonchev–Trinajstić information content (AvgIpc) is 2.84. The highest BCUT2D eigenvalue weighted by atomic mass is 19.1. The van der Waals surface area contributed by atoms with Gasteiger partial charge < -0.3 is 14.9 Å². The van der Waals surface area contributed by atoms with Gasteiger partial charge in [-0.3, -0.25) is 9.59 Å². The van der Waals surface area contributed by atoms with Crippen molar-refractivity contribution in [3.05, 3.63) is 29.8 Å². The number of rotatable bonds is 5. The van der Waals surface area contributed by atoms with Gasteiger partial charge in [-0.05, 0) is 32.9 Å². The molecule has 1 aromatic carbocycles. The molecule has 1 atom stereocenters. The zero-order valence-corrected chi connectivity index (χ0v) is 14.1. The van der Waals surface area contributed by atoms with Crippen molar-refractivity contribution in [3.8, 4) is 0 Å². The van der Waals surface area contributed by atoms with Gasteiger partial charge in [0.2, 0.25) is 11.8 Å². The lowest BCUT2D eigenvalue weighted by molar-refractivity contribution is -0.138. The predicted molar refractivity (Wildman–Crippen MR) is 85.4 cm³/mol. The van der Waals surface area contributed by atoms with Crippen LogP contribution in [0.25, 0.3) is 0 Å². The molecule has 132 valence electrons. The minimum atomic E-state index is -1.04. The van der Waals surface area contributed by atoms with E-state index in [1.807, 2.05) is 0 Å². The maximum Gasteiger partial charge on any atom is 0.228 e. The van der Waals surface area contributed by atoms with Crippen molar-refractivity contribution in [2.24, 2.45) is 5.92 Å². The minimum absolute atomic E-state index is 0.0146. The molecular weight excluding hydrogens is 318 g/mol. The zero-order valence-electron chi connectivity index (χ0n) is 14.1. The lowest BCUT2D eigenvalue weighted by Crippen LogP contribution is -2.45. The maximum atomic E-state index is 13.4. The molecule has 0 aliphatic carbocycles. The van der Waals surface area contributed by atoms with Crippen LogP contribution in [-0.4, -0.2) is 47.1 Å². The number of likely N-dealkylation sites (N-methyl/N-ethyl adjacent to an activating group) is 1. The van der Waals surface area contributed by atoms with Gasteiger partial charge in [0, 0.05) is 37.8 Å². The standard InChI is InChI=1S/C17H22F2N2O3/c1-4-20(10-17(2,3)24)16(23)11-5-15(22)21(9-11)14-7-12(18)6-13(19)8-14/h6-8,11,24H,4-5,9-10H2,1-3H3. The summed E-state index contributed by atoms with van der Waals surface area (Å²) in [5, 5.41) is 9.90. The Kier molecular flexibility index (Phi) is 5.22. The highest BCUT2D eigenvalue weighted by Gasteiger charge is 2.38. The second-order valence-electron chi connectivity index (χ2n) is 6.70. The first kappa shape index (κ1) is 18.3. The second-order valence-corrected chi connectivity index (χ2v) is 6.70. The summed E-state index contributed by atoms with van der Waals surface area (Å²) < 4.78 is 26.7. The first-order valence-electron chi connectivity index (χ1n) is 7.88. The molecule has 0 saturated carbocycles. The van der Waals surface area contributed by atoms with E-state index in [2.05, 4.69) is 0 Å². The number of hydrogen-bond donors (Lipinski definition) is 1. The fourth-order valence-corrected chi connectivity index (χ4v) is 2.89. The number of benzene rings is 1. The quantitative estimate of drug-likeness (QED) is 0.891. The molecule has 1 fully saturated rings. The summed E-state index contributed by atoms with van der Waals surface area (Å²) in [5.74, 6) is -2.73. The van der Waals surface area contributed by atoms with E-state index in [0.717, 1.165) is 18.2 Å². The summed E-state index contributed by atoms with van der Waals surface area (Å²) in [7, 11) is 0. The van der Waals surface area contributed by atoms with Crippen molar-refractivity contribution in [1.82, 2.24) is 4.90 Å². The van der Waals surface area contributed by atoms with Gasteiger partial charge in [-0.1, -0.05) is 0 Å². The van der Waals surface area contributed by atoms with E-state index in [-0.39, 0.29) is 37.0 Å². The highest BCUT2D eigenvalue weighted by Crippen LogP contribution is 2.28. The average molecular weight is 340 g/mol. The van der Waals surface area contributed by atoms with E-state index in [0.29, 0.717) is 6.54 Å². The number of aliphatic hydroxyl groups is 1. The Balaban J connectivity index is 2.15. The van der Waals surface area contributed by atoms with Crippen molar-refractivity contribution >= 4 is 17.5 Å². The number of halogens is 2. The number of carbonyl (C=O) groups is 2. The third-order valence-electron chi connectivity index (χ3n) is 3.90. The topological polar surface area (TPSA) is 60.9 Å². The van der Waals surface area contributed by atoms with Crippen molar-refractivity contribution in [2.75, 3.05) is 24.5 Å². The molecule has 2 rings (SSSR count). The molecule has 7 heteroatoms. The van der Waals surface area contributed by atoms with Crippen LogP contribution in [0.2, 0.25) is 0 Å². The SMILES string of the molecule is CCN(CC(C)(C)O)C(=O)C1CC(=O)N(c2cc(F)cc(F)c2)C1. The predicted octanol–water partition coefficient (Wildman–Crippen LogP) is 1.94. The molecule has 0 aromatic heterocycles. The van der Waals surface area contributed by atoms with Crippen LogP contribution in [-0.2, 0) is 9.59 Å². The Labute approximate surface area is 139 Å². The van der Waals surface area contributed by atoms with E-state index in [9.17, 15) is 23.5 Å². The smallest absolute Gasteiger partial charge is 0.228 e. The van der Waals surface area contributed by atoms with Gasteiger partial charge in [0.25, 0.3) is 0 Å². The number of amides is 2. The van der Waals surface area contributed by atoms with Crippen molar-refractivity contribution in [2.45, 2.75) is 32.8 Å². The van der Waals surface area contributed by atoms with E-state index in [4.69, 9.17) is 0 Å². The molecule has 24 heavy (non-hydrogen) atoms. The molecule has 1 N–H and O–H groups in total. The van der Waals surface area contributed by atoms with E-state index >= 15 is 0 Å². The van der Waals surface area contributed by atoms with Crippen molar-refractivity contribution in [3.63, 3.8) is 0 Å². The number of anilines is 1. The molecule has 0 radical (unpaired) electrons. The molecule has 0 spiro atoms. The summed E-state index contributed by atoms with van der Waals surface area (Å²) in [6.45, 7) is 5.63. The number of carbonyl (C=O) groups excluding carboxylic acids is 2. The van der Waals surface area contributed by atoms with E-state index in [1.165, 1.54) is 9.80 Å². The van der Waals surface area contributed by atoms with Gasteiger partial charge in [0.05, 0.1) is 11.5 Å². The summed E-state index contributed by atoms with van der Waals surface area (Å²) in [6.07, 6.45) is -0.0146. The Morgan fingerprint density at radius 3 is 2.42 bits per heavy atom. The molecule has 0 bridgehead atoms. The summed E-state index contributed by atoms with van der Waals surface area (Å²) in [5.41, 5.74) is -0.932. The van der Waals surface area contributed by atoms with Crippen LogP contribution in [0.1, 0.15) is 27.2 Å². The fraction of sp³-hybridized carbons (Fsp3) is 0.529. The van der Waals surface area contributed by atoms with Crippen LogP contribution in [0.4, 0.5) is 14.5 Å². The van der Waals surface area contributed by atoms with Crippen LogP contribution in [0.5, 0.6) is 0 Å². The van der Waals surface area contributed by atoms with E-state index in [1.54, 1.807) is 20.8 Å². The summed E-state index contributed by atoms with van der Waals surface area (Å²) in [4.78, 5) is 27.5. The third-order valence-corrected chi connectivity index (χ3v) is 3.90. The van der Waals surface area contributed by atoms with Gasteiger partial charge in [-0.2, -0.15) is 0 Å². The molecule has 1 aliphatic rings. The van der Waals surface area contributed by atoms with Crippen LogP contribution in [0, 0.1) is 17.6 Å².